The van der Waals surface area contributed by atoms with E-state index in [1.165, 1.54) is 12.1 Å². The Hall–Kier alpha value is -1.62. The minimum absolute atomic E-state index is 0.0586. The van der Waals surface area contributed by atoms with Crippen molar-refractivity contribution in [1.82, 2.24) is 5.32 Å². The summed E-state index contributed by atoms with van der Waals surface area (Å²) in [5.74, 6) is 0.226. The molecule has 20 heavy (non-hydrogen) atoms. The third-order valence-electron chi connectivity index (χ3n) is 3.54. The number of rotatable bonds is 2. The van der Waals surface area contributed by atoms with Gasteiger partial charge in [-0.05, 0) is 53.0 Å². The molecule has 3 rings (SSSR count). The number of halogens is 2. The molecule has 0 radical (unpaired) electrons. The van der Waals surface area contributed by atoms with Gasteiger partial charge in [-0.3, -0.25) is 4.79 Å². The van der Waals surface area contributed by atoms with Crippen LogP contribution in [-0.4, -0.2) is 5.91 Å². The van der Waals surface area contributed by atoms with Crippen molar-refractivity contribution < 1.29 is 13.6 Å². The highest BCUT2D eigenvalue weighted by atomic mass is 79.9. The van der Waals surface area contributed by atoms with Gasteiger partial charge in [-0.2, -0.15) is 0 Å². The average Bonchev–Trinajstić information content (AvgIpc) is 2.91. The Morgan fingerprint density at radius 3 is 3.05 bits per heavy atom. The third-order valence-corrected chi connectivity index (χ3v) is 4.18. The van der Waals surface area contributed by atoms with Gasteiger partial charge in [0.2, 0.25) is 0 Å². The molecule has 3 nitrogen and oxygen atoms in total. The smallest absolute Gasteiger partial charge is 0.251 e. The number of fused-ring (bicyclic) bond motifs is 1. The summed E-state index contributed by atoms with van der Waals surface area (Å²) in [5.41, 5.74) is 1.35. The number of carbonyl (C=O) groups is 1. The molecule has 0 saturated heterocycles. The molecule has 1 aromatic carbocycles. The molecule has 0 spiro atoms. The number of nitrogens with one attached hydrogen (secondary N) is 1. The van der Waals surface area contributed by atoms with Gasteiger partial charge in [0.15, 0.2) is 0 Å². The van der Waals surface area contributed by atoms with Crippen LogP contribution in [0.4, 0.5) is 4.39 Å². The summed E-state index contributed by atoms with van der Waals surface area (Å²) >= 11 is 3.07. The van der Waals surface area contributed by atoms with E-state index in [0.717, 1.165) is 30.6 Å². The van der Waals surface area contributed by atoms with Gasteiger partial charge in [0, 0.05) is 17.5 Å². The number of benzene rings is 1. The number of furan rings is 1. The highest BCUT2D eigenvalue weighted by Crippen LogP contribution is 2.30. The summed E-state index contributed by atoms with van der Waals surface area (Å²) in [4.78, 5) is 12.2. The van der Waals surface area contributed by atoms with Crippen molar-refractivity contribution in [2.45, 2.75) is 25.3 Å². The Labute approximate surface area is 124 Å². The minimum Gasteiger partial charge on any atom is -0.469 e. The molecule has 0 bridgehead atoms. The van der Waals surface area contributed by atoms with E-state index in [2.05, 4.69) is 21.2 Å². The highest BCUT2D eigenvalue weighted by molar-refractivity contribution is 9.10. The second-order valence-electron chi connectivity index (χ2n) is 4.85. The number of hydrogen-bond donors (Lipinski definition) is 1. The van der Waals surface area contributed by atoms with E-state index in [0.29, 0.717) is 10.0 Å². The molecule has 1 heterocycles. The highest BCUT2D eigenvalue weighted by Gasteiger charge is 2.24. The lowest BCUT2D eigenvalue weighted by Crippen LogP contribution is -2.30. The molecule has 5 heteroatoms. The molecule has 1 aliphatic carbocycles. The van der Waals surface area contributed by atoms with Gasteiger partial charge in [-0.25, -0.2) is 4.39 Å². The normalized spacial score (nSPS) is 17.6. The zero-order chi connectivity index (χ0) is 14.1. The van der Waals surface area contributed by atoms with Crippen LogP contribution >= 0.6 is 15.9 Å². The van der Waals surface area contributed by atoms with Gasteiger partial charge in [-0.15, -0.1) is 0 Å². The first kappa shape index (κ1) is 13.4. The maximum Gasteiger partial charge on any atom is 0.251 e. The minimum atomic E-state index is -0.440. The van der Waals surface area contributed by atoms with E-state index in [9.17, 15) is 9.18 Å². The van der Waals surface area contributed by atoms with Crippen LogP contribution in [0.1, 0.15) is 40.6 Å². The van der Waals surface area contributed by atoms with Crippen molar-refractivity contribution in [3.63, 3.8) is 0 Å². The zero-order valence-corrected chi connectivity index (χ0v) is 12.2. The first-order valence-corrected chi connectivity index (χ1v) is 7.26. The molecule has 1 unspecified atom stereocenters. The second-order valence-corrected chi connectivity index (χ2v) is 5.70. The Morgan fingerprint density at radius 2 is 2.25 bits per heavy atom. The predicted octanol–water partition coefficient (Wildman–Crippen LogP) is 3.99. The van der Waals surface area contributed by atoms with Crippen molar-refractivity contribution in [1.29, 1.82) is 0 Å². The summed E-state index contributed by atoms with van der Waals surface area (Å²) in [6.45, 7) is 0. The molecule has 104 valence electrons. The maximum absolute atomic E-state index is 13.5. The molecule has 0 aliphatic heterocycles. The summed E-state index contributed by atoms with van der Waals surface area (Å²) < 4.78 is 19.2. The van der Waals surface area contributed by atoms with Crippen LogP contribution in [0.2, 0.25) is 0 Å². The first-order valence-electron chi connectivity index (χ1n) is 6.47. The lowest BCUT2D eigenvalue weighted by atomic mass is 9.93. The van der Waals surface area contributed by atoms with Gasteiger partial charge < -0.3 is 9.73 Å². The lowest BCUT2D eigenvalue weighted by Gasteiger charge is -2.22. The van der Waals surface area contributed by atoms with Crippen LogP contribution in [0.15, 0.2) is 39.4 Å². The number of aryl methyl sites for hydroxylation is 1. The van der Waals surface area contributed by atoms with Crippen LogP contribution in [0, 0.1) is 5.82 Å². The zero-order valence-electron chi connectivity index (χ0n) is 10.7. The molecule has 0 fully saturated rings. The Bertz CT molecular complexity index is 653. The third kappa shape index (κ3) is 2.50. The van der Waals surface area contributed by atoms with E-state index in [1.807, 2.05) is 6.07 Å². The predicted molar refractivity (Wildman–Crippen MR) is 76.0 cm³/mol. The molecule has 2 aromatic rings. The fourth-order valence-electron chi connectivity index (χ4n) is 2.52. The average molecular weight is 338 g/mol. The van der Waals surface area contributed by atoms with E-state index in [4.69, 9.17) is 4.42 Å². The van der Waals surface area contributed by atoms with E-state index in [1.54, 1.807) is 12.3 Å². The molecular weight excluding hydrogens is 325 g/mol. The molecule has 1 aliphatic rings. The molecular formula is C15H13BrFNO2. The van der Waals surface area contributed by atoms with Crippen LogP contribution in [0.5, 0.6) is 0 Å². The maximum atomic E-state index is 13.5. The lowest BCUT2D eigenvalue weighted by molar-refractivity contribution is 0.0931. The van der Waals surface area contributed by atoms with Crippen molar-refractivity contribution in [3.8, 4) is 0 Å². The molecule has 1 N–H and O–H groups in total. The van der Waals surface area contributed by atoms with Gasteiger partial charge in [-0.1, -0.05) is 0 Å². The van der Waals surface area contributed by atoms with Crippen molar-refractivity contribution in [2.24, 2.45) is 0 Å². The van der Waals surface area contributed by atoms with Crippen LogP contribution < -0.4 is 5.32 Å². The summed E-state index contributed by atoms with van der Waals surface area (Å²) in [6.07, 6.45) is 4.40. The second kappa shape index (κ2) is 5.40. The van der Waals surface area contributed by atoms with Gasteiger partial charge in [0.1, 0.15) is 11.6 Å². The summed E-state index contributed by atoms with van der Waals surface area (Å²) in [7, 11) is 0. The van der Waals surface area contributed by atoms with Gasteiger partial charge in [0.25, 0.3) is 5.91 Å². The topological polar surface area (TPSA) is 42.2 Å². The molecule has 0 saturated carbocycles. The Balaban J connectivity index is 1.79. The molecule has 1 aromatic heterocycles. The SMILES string of the molecule is O=C(NC1CCCc2occc21)c1ccc(Br)c(F)c1. The molecule has 1 atom stereocenters. The molecule has 1 amide bonds. The van der Waals surface area contributed by atoms with Gasteiger partial charge >= 0.3 is 0 Å². The van der Waals surface area contributed by atoms with Crippen LogP contribution in [0.25, 0.3) is 0 Å². The van der Waals surface area contributed by atoms with Crippen molar-refractivity contribution >= 4 is 21.8 Å². The van der Waals surface area contributed by atoms with Crippen LogP contribution in [0.3, 0.4) is 0 Å². The number of hydrogen-bond acceptors (Lipinski definition) is 2. The van der Waals surface area contributed by atoms with Crippen LogP contribution in [-0.2, 0) is 6.42 Å². The number of amides is 1. The van der Waals surface area contributed by atoms with Crippen molar-refractivity contribution in [2.75, 3.05) is 0 Å². The Kier molecular flexibility index (Phi) is 3.61. The van der Waals surface area contributed by atoms with E-state index < -0.39 is 5.82 Å². The quantitative estimate of drug-likeness (QED) is 0.900. The van der Waals surface area contributed by atoms with Crippen molar-refractivity contribution in [3.05, 3.63) is 57.7 Å². The van der Waals surface area contributed by atoms with E-state index >= 15 is 0 Å². The largest absolute Gasteiger partial charge is 0.469 e. The van der Waals surface area contributed by atoms with E-state index in [-0.39, 0.29) is 11.9 Å². The summed E-state index contributed by atoms with van der Waals surface area (Å²) in [6, 6.07) is 6.20. The monoisotopic (exact) mass is 337 g/mol. The Morgan fingerprint density at radius 1 is 1.40 bits per heavy atom. The van der Waals surface area contributed by atoms with Gasteiger partial charge in [0.05, 0.1) is 16.8 Å². The standard InChI is InChI=1S/C15H13BrFNO2/c16-11-5-4-9(8-12(11)17)15(19)18-13-2-1-3-14-10(13)6-7-20-14/h4-8,13H,1-3H2,(H,18,19). The number of carbonyl (C=O) groups excluding carboxylic acids is 1. The fourth-order valence-corrected chi connectivity index (χ4v) is 2.76. The first-order chi connectivity index (χ1) is 9.65. The fraction of sp³-hybridized carbons (Fsp3) is 0.267. The summed E-state index contributed by atoms with van der Waals surface area (Å²) in [5, 5.41) is 2.94.